The second kappa shape index (κ2) is 8.90. The van der Waals surface area contributed by atoms with Crippen LogP contribution in [0.15, 0.2) is 47.4 Å². The van der Waals surface area contributed by atoms with Gasteiger partial charge in [0.05, 0.1) is 11.4 Å². The summed E-state index contributed by atoms with van der Waals surface area (Å²) >= 11 is 0. The molecule has 0 spiro atoms. The fourth-order valence-corrected chi connectivity index (χ4v) is 3.98. The summed E-state index contributed by atoms with van der Waals surface area (Å²) in [7, 11) is 0. The lowest BCUT2D eigenvalue weighted by atomic mass is 9.95. The van der Waals surface area contributed by atoms with E-state index in [2.05, 4.69) is 15.4 Å². The molecule has 32 heavy (non-hydrogen) atoms. The number of carbonyl (C=O) groups is 2. The highest BCUT2D eigenvalue weighted by Crippen LogP contribution is 2.23. The highest BCUT2D eigenvalue weighted by Gasteiger charge is 2.30. The van der Waals surface area contributed by atoms with Gasteiger partial charge in [0, 0.05) is 30.6 Å². The normalized spacial score (nSPS) is 14.7. The van der Waals surface area contributed by atoms with Gasteiger partial charge in [-0.2, -0.15) is 5.10 Å². The molecule has 8 heteroatoms. The number of aromatic nitrogens is 3. The van der Waals surface area contributed by atoms with Crippen molar-refractivity contribution in [1.29, 1.82) is 0 Å². The number of anilines is 1. The molecule has 1 N–H and O–H groups in total. The molecule has 1 aromatic carbocycles. The third-order valence-corrected chi connectivity index (χ3v) is 5.84. The minimum atomic E-state index is -0.213. The molecule has 0 radical (unpaired) electrons. The Morgan fingerprint density at radius 3 is 2.38 bits per heavy atom. The number of piperidine rings is 1. The number of benzene rings is 1. The van der Waals surface area contributed by atoms with E-state index in [0.717, 1.165) is 5.56 Å². The molecule has 0 aliphatic carbocycles. The predicted octanol–water partition coefficient (Wildman–Crippen LogP) is 3.17. The number of aryl methyl sites for hydroxylation is 1. The van der Waals surface area contributed by atoms with Gasteiger partial charge in [-0.15, -0.1) is 0 Å². The molecule has 1 aliphatic heterocycles. The number of rotatable bonds is 4. The van der Waals surface area contributed by atoms with Crippen LogP contribution in [0.4, 0.5) is 5.82 Å². The Labute approximate surface area is 186 Å². The predicted molar refractivity (Wildman–Crippen MR) is 123 cm³/mol. The SMILES string of the molecule is Cc1ccc(NC(=O)C2CCN(C(=O)c3nn(C(C)C)c(=O)c4ccccc34)CC2)nc1. The van der Waals surface area contributed by atoms with Gasteiger partial charge >= 0.3 is 0 Å². The molecular weight excluding hydrogens is 406 g/mol. The highest BCUT2D eigenvalue weighted by molar-refractivity contribution is 6.05. The first kappa shape index (κ1) is 21.7. The van der Waals surface area contributed by atoms with Gasteiger partial charge in [0.15, 0.2) is 5.69 Å². The Hall–Kier alpha value is -3.55. The Bertz CT molecular complexity index is 1210. The molecular formula is C24H27N5O3. The average Bonchev–Trinajstić information content (AvgIpc) is 2.80. The lowest BCUT2D eigenvalue weighted by Gasteiger charge is -2.31. The number of fused-ring (bicyclic) bond motifs is 1. The molecule has 1 saturated heterocycles. The van der Waals surface area contributed by atoms with E-state index in [1.54, 1.807) is 41.4 Å². The van der Waals surface area contributed by atoms with Crippen LogP contribution in [-0.4, -0.2) is 44.6 Å². The number of amides is 2. The van der Waals surface area contributed by atoms with Gasteiger partial charge in [-0.1, -0.05) is 24.3 Å². The van der Waals surface area contributed by atoms with Crippen LogP contribution in [0.25, 0.3) is 10.8 Å². The smallest absolute Gasteiger partial charge is 0.274 e. The van der Waals surface area contributed by atoms with Crippen LogP contribution >= 0.6 is 0 Å². The maximum absolute atomic E-state index is 13.3. The lowest BCUT2D eigenvalue weighted by Crippen LogP contribution is -2.42. The van der Waals surface area contributed by atoms with Crippen LogP contribution in [0.1, 0.15) is 48.8 Å². The quantitative estimate of drug-likeness (QED) is 0.682. The van der Waals surface area contributed by atoms with Crippen LogP contribution in [-0.2, 0) is 4.79 Å². The summed E-state index contributed by atoms with van der Waals surface area (Å²) in [6, 6.07) is 10.6. The van der Waals surface area contributed by atoms with Crippen molar-refractivity contribution in [3.63, 3.8) is 0 Å². The summed E-state index contributed by atoms with van der Waals surface area (Å²) < 4.78 is 1.37. The number of hydrogen-bond donors (Lipinski definition) is 1. The van der Waals surface area contributed by atoms with Crippen molar-refractivity contribution in [1.82, 2.24) is 19.7 Å². The minimum absolute atomic E-state index is 0.0783. The van der Waals surface area contributed by atoms with Crippen LogP contribution < -0.4 is 10.9 Å². The van der Waals surface area contributed by atoms with E-state index in [9.17, 15) is 14.4 Å². The van der Waals surface area contributed by atoms with Crippen molar-refractivity contribution in [2.75, 3.05) is 18.4 Å². The summed E-state index contributed by atoms with van der Waals surface area (Å²) in [4.78, 5) is 44.6. The van der Waals surface area contributed by atoms with Gasteiger partial charge in [-0.25, -0.2) is 9.67 Å². The van der Waals surface area contributed by atoms with Crippen LogP contribution in [0.3, 0.4) is 0 Å². The fraction of sp³-hybridized carbons (Fsp3) is 0.375. The van der Waals surface area contributed by atoms with Gasteiger partial charge in [0.2, 0.25) is 5.91 Å². The minimum Gasteiger partial charge on any atom is -0.337 e. The second-order valence-corrected chi connectivity index (χ2v) is 8.51. The molecule has 0 atom stereocenters. The maximum atomic E-state index is 13.3. The van der Waals surface area contributed by atoms with Crippen molar-refractivity contribution in [3.05, 3.63) is 64.2 Å². The maximum Gasteiger partial charge on any atom is 0.274 e. The van der Waals surface area contributed by atoms with E-state index in [4.69, 9.17) is 0 Å². The molecule has 8 nitrogen and oxygen atoms in total. The standard InChI is InChI=1S/C24H27N5O3/c1-15(2)29-23(31)19-7-5-4-6-18(19)21(27-29)24(32)28-12-10-17(11-13-28)22(30)26-20-9-8-16(3)14-25-20/h4-9,14-15,17H,10-13H2,1-3H3,(H,25,26,30). The molecule has 166 valence electrons. The molecule has 1 aliphatic rings. The molecule has 3 heterocycles. The van der Waals surface area contributed by atoms with E-state index in [0.29, 0.717) is 42.5 Å². The zero-order valence-corrected chi connectivity index (χ0v) is 18.5. The second-order valence-electron chi connectivity index (χ2n) is 8.51. The number of hydrogen-bond acceptors (Lipinski definition) is 5. The monoisotopic (exact) mass is 433 g/mol. The van der Waals surface area contributed by atoms with Gasteiger partial charge in [0.1, 0.15) is 5.82 Å². The van der Waals surface area contributed by atoms with Crippen molar-refractivity contribution >= 4 is 28.4 Å². The summed E-state index contributed by atoms with van der Waals surface area (Å²) in [5, 5.41) is 8.32. The first-order valence-electron chi connectivity index (χ1n) is 10.9. The van der Waals surface area contributed by atoms with Crippen LogP contribution in [0, 0.1) is 12.8 Å². The van der Waals surface area contributed by atoms with Crippen molar-refractivity contribution in [2.24, 2.45) is 5.92 Å². The molecule has 3 aromatic rings. The Kier molecular flexibility index (Phi) is 6.03. The summed E-state index contributed by atoms with van der Waals surface area (Å²) in [6.45, 7) is 6.58. The third kappa shape index (κ3) is 4.26. The highest BCUT2D eigenvalue weighted by atomic mass is 16.2. The zero-order chi connectivity index (χ0) is 22.8. The third-order valence-electron chi connectivity index (χ3n) is 5.84. The first-order valence-corrected chi connectivity index (χ1v) is 10.9. The van der Waals surface area contributed by atoms with Gasteiger partial charge in [0.25, 0.3) is 11.5 Å². The molecule has 0 saturated carbocycles. The molecule has 2 amide bonds. The van der Waals surface area contributed by atoms with Crippen molar-refractivity contribution in [2.45, 2.75) is 39.7 Å². The average molecular weight is 434 g/mol. The van der Waals surface area contributed by atoms with E-state index in [1.807, 2.05) is 26.8 Å². The topological polar surface area (TPSA) is 97.2 Å². The van der Waals surface area contributed by atoms with Gasteiger partial charge < -0.3 is 10.2 Å². The van der Waals surface area contributed by atoms with Gasteiger partial charge in [-0.3, -0.25) is 14.4 Å². The number of likely N-dealkylation sites (tertiary alicyclic amines) is 1. The van der Waals surface area contributed by atoms with E-state index < -0.39 is 0 Å². The largest absolute Gasteiger partial charge is 0.337 e. The number of pyridine rings is 1. The van der Waals surface area contributed by atoms with Crippen LogP contribution in [0.5, 0.6) is 0 Å². The van der Waals surface area contributed by atoms with Crippen LogP contribution in [0.2, 0.25) is 0 Å². The molecule has 0 unspecified atom stereocenters. The molecule has 1 fully saturated rings. The van der Waals surface area contributed by atoms with E-state index in [-0.39, 0.29) is 35.0 Å². The summed E-state index contributed by atoms with van der Waals surface area (Å²) in [6.07, 6.45) is 2.83. The molecule has 4 rings (SSSR count). The van der Waals surface area contributed by atoms with E-state index >= 15 is 0 Å². The lowest BCUT2D eigenvalue weighted by molar-refractivity contribution is -0.121. The van der Waals surface area contributed by atoms with Crippen molar-refractivity contribution in [3.8, 4) is 0 Å². The zero-order valence-electron chi connectivity index (χ0n) is 18.5. The number of carbonyl (C=O) groups excluding carboxylic acids is 2. The fourth-order valence-electron chi connectivity index (χ4n) is 3.98. The number of nitrogens with one attached hydrogen (secondary N) is 1. The van der Waals surface area contributed by atoms with Gasteiger partial charge in [-0.05, 0) is 51.3 Å². The Balaban J connectivity index is 1.49. The summed E-state index contributed by atoms with van der Waals surface area (Å²) in [5.41, 5.74) is 1.10. The van der Waals surface area contributed by atoms with E-state index in [1.165, 1.54) is 4.68 Å². The Morgan fingerprint density at radius 1 is 1.06 bits per heavy atom. The van der Waals surface area contributed by atoms with Crippen molar-refractivity contribution < 1.29 is 9.59 Å². The first-order chi connectivity index (χ1) is 15.3. The molecule has 0 bridgehead atoms. The molecule has 2 aromatic heterocycles. The Morgan fingerprint density at radius 2 is 1.75 bits per heavy atom. The number of nitrogens with zero attached hydrogens (tertiary/aromatic N) is 4. The summed E-state index contributed by atoms with van der Waals surface area (Å²) in [5.74, 6) is 0.0576.